The summed E-state index contributed by atoms with van der Waals surface area (Å²) >= 11 is 0. The summed E-state index contributed by atoms with van der Waals surface area (Å²) in [5.74, 6) is 1.15. The average Bonchev–Trinajstić information content (AvgIpc) is 3.32. The zero-order chi connectivity index (χ0) is 17.9. The molecule has 1 amide bonds. The van der Waals surface area contributed by atoms with E-state index >= 15 is 0 Å². The summed E-state index contributed by atoms with van der Waals surface area (Å²) in [5, 5.41) is 13.6. The summed E-state index contributed by atoms with van der Waals surface area (Å²) in [5.41, 5.74) is 3.01. The second-order valence-electron chi connectivity index (χ2n) is 5.72. The van der Waals surface area contributed by atoms with Gasteiger partial charge in [-0.15, -0.1) is 0 Å². The van der Waals surface area contributed by atoms with E-state index in [-0.39, 0.29) is 11.7 Å². The number of anilines is 1. The first-order valence-corrected chi connectivity index (χ1v) is 8.02. The Morgan fingerprint density at radius 1 is 1.04 bits per heavy atom. The number of carbonyl (C=O) groups excluding carboxylic acids is 1. The number of carbonyl (C=O) groups is 1. The summed E-state index contributed by atoms with van der Waals surface area (Å²) in [7, 11) is 0. The van der Waals surface area contributed by atoms with E-state index in [0.717, 1.165) is 17.0 Å². The first-order valence-electron chi connectivity index (χ1n) is 8.02. The van der Waals surface area contributed by atoms with Gasteiger partial charge in [0.15, 0.2) is 5.82 Å². The maximum absolute atomic E-state index is 12.3. The van der Waals surface area contributed by atoms with Crippen LogP contribution in [-0.2, 0) is 0 Å². The third-order valence-electron chi connectivity index (χ3n) is 3.80. The fourth-order valence-electron chi connectivity index (χ4n) is 2.49. The lowest BCUT2D eigenvalue weighted by molar-refractivity contribution is 0.0988. The second-order valence-corrected chi connectivity index (χ2v) is 5.72. The lowest BCUT2D eigenvalue weighted by atomic mass is 10.1. The zero-order valence-corrected chi connectivity index (χ0v) is 13.9. The molecule has 128 valence electrons. The zero-order valence-electron chi connectivity index (χ0n) is 13.9. The van der Waals surface area contributed by atoms with E-state index in [9.17, 15) is 4.79 Å². The predicted octanol–water partition coefficient (Wildman–Crippen LogP) is 3.69. The number of benzene rings is 2. The number of nitrogens with one attached hydrogen (secondary N) is 2. The summed E-state index contributed by atoms with van der Waals surface area (Å²) in [6.45, 7) is 1.84. The Morgan fingerprint density at radius 3 is 2.50 bits per heavy atom. The van der Waals surface area contributed by atoms with Crippen LogP contribution in [0.2, 0.25) is 0 Å². The highest BCUT2D eigenvalue weighted by atomic mass is 16.5. The highest BCUT2D eigenvalue weighted by molar-refractivity contribution is 6.02. The molecule has 7 nitrogen and oxygen atoms in total. The molecule has 7 heteroatoms. The third-order valence-corrected chi connectivity index (χ3v) is 3.80. The molecule has 0 unspecified atom stereocenters. The monoisotopic (exact) mass is 345 g/mol. The van der Waals surface area contributed by atoms with Gasteiger partial charge in [-0.2, -0.15) is 5.10 Å². The minimum Gasteiger partial charge on any atom is -0.350 e. The molecular formula is C19H15N5O2. The van der Waals surface area contributed by atoms with Gasteiger partial charge in [0.1, 0.15) is 11.5 Å². The fourth-order valence-corrected chi connectivity index (χ4v) is 2.49. The molecular weight excluding hydrogens is 330 g/mol. The first kappa shape index (κ1) is 15.8. The lowest BCUT2D eigenvalue weighted by Gasteiger charge is -2.03. The van der Waals surface area contributed by atoms with E-state index in [1.165, 1.54) is 0 Å². The number of nitrogens with zero attached hydrogens (tertiary/aromatic N) is 3. The molecule has 0 aliphatic rings. The van der Waals surface area contributed by atoms with E-state index < -0.39 is 0 Å². The SMILES string of the molecule is Cc1nc(-c2ccc(NC(=O)c3cc(-c4ccccc4)no3)cc2)n[nH]1. The number of hydrogen-bond acceptors (Lipinski definition) is 5. The molecule has 2 aromatic carbocycles. The van der Waals surface area contributed by atoms with Crippen LogP contribution >= 0.6 is 0 Å². The molecule has 0 bridgehead atoms. The van der Waals surface area contributed by atoms with E-state index in [0.29, 0.717) is 17.2 Å². The second kappa shape index (κ2) is 6.64. The van der Waals surface area contributed by atoms with Crippen molar-refractivity contribution in [1.29, 1.82) is 0 Å². The Hall–Kier alpha value is -3.74. The minimum absolute atomic E-state index is 0.150. The molecule has 4 rings (SSSR count). The quantitative estimate of drug-likeness (QED) is 0.588. The number of aromatic amines is 1. The highest BCUT2D eigenvalue weighted by Gasteiger charge is 2.14. The molecule has 0 fully saturated rings. The fraction of sp³-hybridized carbons (Fsp3) is 0.0526. The Labute approximate surface area is 149 Å². The van der Waals surface area contributed by atoms with Crippen molar-refractivity contribution >= 4 is 11.6 Å². The van der Waals surface area contributed by atoms with E-state index in [1.807, 2.05) is 49.4 Å². The molecule has 4 aromatic rings. The van der Waals surface area contributed by atoms with E-state index in [1.54, 1.807) is 18.2 Å². The van der Waals surface area contributed by atoms with Gasteiger partial charge < -0.3 is 9.84 Å². The smallest absolute Gasteiger partial charge is 0.294 e. The first-order chi connectivity index (χ1) is 12.7. The Balaban J connectivity index is 1.47. The van der Waals surface area contributed by atoms with Crippen molar-refractivity contribution in [3.63, 3.8) is 0 Å². The Bertz CT molecular complexity index is 1040. The topological polar surface area (TPSA) is 96.7 Å². The standard InChI is InChI=1S/C19H15N5O2/c1-12-20-18(23-22-12)14-7-9-15(10-8-14)21-19(25)17-11-16(24-26-17)13-5-3-2-4-6-13/h2-11H,1H3,(H,21,25)(H,20,22,23). The molecule has 2 heterocycles. The number of rotatable bonds is 4. The van der Waals surface area contributed by atoms with Gasteiger partial charge in [-0.25, -0.2) is 4.98 Å². The van der Waals surface area contributed by atoms with Crippen LogP contribution in [0.4, 0.5) is 5.69 Å². The number of amides is 1. The van der Waals surface area contributed by atoms with Crippen LogP contribution in [0.25, 0.3) is 22.6 Å². The van der Waals surface area contributed by atoms with Crippen LogP contribution in [0, 0.1) is 6.92 Å². The summed E-state index contributed by atoms with van der Waals surface area (Å²) in [6, 6.07) is 18.4. The Morgan fingerprint density at radius 2 is 1.81 bits per heavy atom. The van der Waals surface area contributed by atoms with Crippen molar-refractivity contribution in [3.8, 4) is 22.6 Å². The van der Waals surface area contributed by atoms with Crippen molar-refractivity contribution in [2.24, 2.45) is 0 Å². The molecule has 0 saturated heterocycles. The van der Waals surface area contributed by atoms with Crippen molar-refractivity contribution in [3.05, 3.63) is 72.2 Å². The van der Waals surface area contributed by atoms with Crippen LogP contribution in [0.5, 0.6) is 0 Å². The van der Waals surface area contributed by atoms with Gasteiger partial charge in [0, 0.05) is 22.9 Å². The van der Waals surface area contributed by atoms with Crippen molar-refractivity contribution in [2.45, 2.75) is 6.92 Å². The van der Waals surface area contributed by atoms with Crippen molar-refractivity contribution in [1.82, 2.24) is 20.3 Å². The van der Waals surface area contributed by atoms with E-state index in [2.05, 4.69) is 25.7 Å². The van der Waals surface area contributed by atoms with Crippen LogP contribution in [0.15, 0.2) is 65.2 Å². The molecule has 0 aliphatic carbocycles. The maximum Gasteiger partial charge on any atom is 0.294 e. The normalized spacial score (nSPS) is 10.7. The number of aromatic nitrogens is 4. The molecule has 0 atom stereocenters. The van der Waals surface area contributed by atoms with Gasteiger partial charge in [-0.3, -0.25) is 9.89 Å². The van der Waals surface area contributed by atoms with Crippen molar-refractivity contribution in [2.75, 3.05) is 5.32 Å². The molecule has 2 N–H and O–H groups in total. The van der Waals surface area contributed by atoms with Gasteiger partial charge >= 0.3 is 0 Å². The van der Waals surface area contributed by atoms with E-state index in [4.69, 9.17) is 4.52 Å². The van der Waals surface area contributed by atoms with Crippen molar-refractivity contribution < 1.29 is 9.32 Å². The molecule has 2 aromatic heterocycles. The minimum atomic E-state index is -0.360. The van der Waals surface area contributed by atoms with Crippen LogP contribution in [0.3, 0.4) is 0 Å². The number of aryl methyl sites for hydroxylation is 1. The number of H-pyrrole nitrogens is 1. The largest absolute Gasteiger partial charge is 0.350 e. The third kappa shape index (κ3) is 3.23. The summed E-state index contributed by atoms with van der Waals surface area (Å²) < 4.78 is 5.16. The van der Waals surface area contributed by atoms with Crippen LogP contribution < -0.4 is 5.32 Å². The van der Waals surface area contributed by atoms with Gasteiger partial charge in [0.05, 0.1) is 0 Å². The molecule has 26 heavy (non-hydrogen) atoms. The van der Waals surface area contributed by atoms with Gasteiger partial charge in [-0.05, 0) is 31.2 Å². The predicted molar refractivity (Wildman–Crippen MR) is 96.4 cm³/mol. The molecule has 0 radical (unpaired) electrons. The van der Waals surface area contributed by atoms with Crippen LogP contribution in [0.1, 0.15) is 16.4 Å². The highest BCUT2D eigenvalue weighted by Crippen LogP contribution is 2.21. The maximum atomic E-state index is 12.3. The van der Waals surface area contributed by atoms with Gasteiger partial charge in [0.25, 0.3) is 5.91 Å². The van der Waals surface area contributed by atoms with Gasteiger partial charge in [0.2, 0.25) is 5.76 Å². The van der Waals surface area contributed by atoms with Crippen LogP contribution in [-0.4, -0.2) is 26.2 Å². The molecule has 0 spiro atoms. The number of hydrogen-bond donors (Lipinski definition) is 2. The summed E-state index contributed by atoms with van der Waals surface area (Å²) in [4.78, 5) is 16.6. The average molecular weight is 345 g/mol. The van der Waals surface area contributed by atoms with Gasteiger partial charge in [-0.1, -0.05) is 35.5 Å². The lowest BCUT2D eigenvalue weighted by Crippen LogP contribution is -2.10. The molecule has 0 saturated carbocycles. The summed E-state index contributed by atoms with van der Waals surface area (Å²) in [6.07, 6.45) is 0. The molecule has 0 aliphatic heterocycles. The Kier molecular flexibility index (Phi) is 4.03.